The predicted molar refractivity (Wildman–Crippen MR) is 117 cm³/mol. The molecule has 0 aliphatic carbocycles. The topological polar surface area (TPSA) is 147 Å². The summed E-state index contributed by atoms with van der Waals surface area (Å²) in [6.07, 6.45) is 4.26. The summed E-state index contributed by atoms with van der Waals surface area (Å²) < 4.78 is 0. The van der Waals surface area contributed by atoms with Crippen LogP contribution in [-0.4, -0.2) is 26.8 Å². The van der Waals surface area contributed by atoms with Crippen LogP contribution in [0.3, 0.4) is 0 Å². The highest BCUT2D eigenvalue weighted by atomic mass is 16.2. The number of nitrogens with two attached hydrogens (primary N) is 1. The molecule has 6 N–H and O–H groups in total. The maximum atomic E-state index is 12.7. The van der Waals surface area contributed by atoms with Gasteiger partial charge in [0.1, 0.15) is 12.0 Å². The number of fused-ring (bicyclic) bond motifs is 1. The number of nitrogens with zero attached hydrogens (tertiary/aromatic N) is 3. The van der Waals surface area contributed by atoms with Crippen LogP contribution in [0.25, 0.3) is 10.8 Å². The van der Waals surface area contributed by atoms with Gasteiger partial charge in [0.25, 0.3) is 11.8 Å². The van der Waals surface area contributed by atoms with Crippen LogP contribution < -0.4 is 27.4 Å². The number of aromatic nitrogens is 3. The largest absolute Gasteiger partial charge is 0.393 e. The number of rotatable bonds is 6. The molecule has 2 aromatic carbocycles. The Labute approximate surface area is 176 Å². The molecule has 31 heavy (non-hydrogen) atoms. The molecule has 0 spiro atoms. The van der Waals surface area contributed by atoms with E-state index in [1.807, 2.05) is 36.4 Å². The summed E-state index contributed by atoms with van der Waals surface area (Å²) in [4.78, 5) is 36.7. The van der Waals surface area contributed by atoms with Gasteiger partial charge in [0.15, 0.2) is 11.6 Å². The molecule has 154 valence electrons. The molecule has 10 nitrogen and oxygen atoms in total. The molecule has 10 heteroatoms. The summed E-state index contributed by atoms with van der Waals surface area (Å²) in [5, 5.41) is 1.77. The summed E-state index contributed by atoms with van der Waals surface area (Å²) in [5.74, 6) is -0.405. The minimum Gasteiger partial charge on any atom is -0.393 e. The summed E-state index contributed by atoms with van der Waals surface area (Å²) >= 11 is 0. The predicted octanol–water partition coefficient (Wildman–Crippen LogP) is 2.12. The Bertz CT molecular complexity index is 1240. The third-order valence-electron chi connectivity index (χ3n) is 4.45. The van der Waals surface area contributed by atoms with Crippen LogP contribution in [0, 0.1) is 0 Å². The van der Waals surface area contributed by atoms with E-state index in [1.54, 1.807) is 18.2 Å². The van der Waals surface area contributed by atoms with E-state index < -0.39 is 0 Å². The lowest BCUT2D eigenvalue weighted by Gasteiger charge is -2.14. The van der Waals surface area contributed by atoms with Crippen LogP contribution in [0.1, 0.15) is 20.7 Å². The third kappa shape index (κ3) is 4.32. The standard InChI is InChI=1S/C21H18N8O2/c22-17-18(26-28-20(30)14-8-10-23-11-9-14)24-12-25-19(17)27-29-21(31)16-7-3-5-13-4-1-2-6-15(13)16/h1-12H,22H2,(H,28,30)(H,29,31)(H2,24,25,26,27). The first-order chi connectivity index (χ1) is 15.1. The SMILES string of the molecule is Nc1c(NNC(=O)c2ccncc2)ncnc1NNC(=O)c1cccc2ccccc12. The molecule has 0 fully saturated rings. The first kappa shape index (κ1) is 19.6. The lowest BCUT2D eigenvalue weighted by atomic mass is 10.0. The fourth-order valence-electron chi connectivity index (χ4n) is 2.89. The molecular weight excluding hydrogens is 396 g/mol. The quantitative estimate of drug-likeness (QED) is 0.302. The second-order valence-electron chi connectivity index (χ2n) is 6.41. The zero-order chi connectivity index (χ0) is 21.6. The Hall–Kier alpha value is -4.73. The molecule has 4 aromatic rings. The van der Waals surface area contributed by atoms with Crippen LogP contribution in [0.4, 0.5) is 17.3 Å². The number of carbonyl (C=O) groups is 2. The van der Waals surface area contributed by atoms with E-state index in [-0.39, 0.29) is 29.1 Å². The van der Waals surface area contributed by atoms with E-state index in [2.05, 4.69) is 36.7 Å². The fraction of sp³-hybridized carbons (Fsp3) is 0. The van der Waals surface area contributed by atoms with Crippen molar-refractivity contribution >= 4 is 39.9 Å². The Balaban J connectivity index is 1.43. The Kier molecular flexibility index (Phi) is 5.52. The average molecular weight is 414 g/mol. The lowest BCUT2D eigenvalue weighted by molar-refractivity contribution is 0.0955. The molecule has 2 aromatic heterocycles. The first-order valence-electron chi connectivity index (χ1n) is 9.24. The number of anilines is 3. The fourth-order valence-corrected chi connectivity index (χ4v) is 2.89. The van der Waals surface area contributed by atoms with Crippen molar-refractivity contribution in [2.45, 2.75) is 0 Å². The maximum Gasteiger partial charge on any atom is 0.270 e. The Morgan fingerprint density at radius 2 is 1.42 bits per heavy atom. The first-order valence-corrected chi connectivity index (χ1v) is 9.24. The van der Waals surface area contributed by atoms with Crippen molar-refractivity contribution in [1.82, 2.24) is 25.8 Å². The molecule has 0 unspecified atom stereocenters. The van der Waals surface area contributed by atoms with Crippen LogP contribution in [0.5, 0.6) is 0 Å². The smallest absolute Gasteiger partial charge is 0.270 e. The molecule has 0 aliphatic rings. The highest BCUT2D eigenvalue weighted by molar-refractivity contribution is 6.07. The number of carbonyl (C=O) groups excluding carboxylic acids is 2. The minimum atomic E-state index is -0.390. The number of nitrogens with one attached hydrogen (secondary N) is 4. The molecule has 0 saturated carbocycles. The number of hydrazine groups is 2. The molecule has 4 rings (SSSR count). The second-order valence-corrected chi connectivity index (χ2v) is 6.41. The molecule has 0 saturated heterocycles. The third-order valence-corrected chi connectivity index (χ3v) is 4.45. The van der Waals surface area contributed by atoms with Crippen molar-refractivity contribution in [1.29, 1.82) is 0 Å². The van der Waals surface area contributed by atoms with Gasteiger partial charge in [-0.2, -0.15) is 0 Å². The van der Waals surface area contributed by atoms with Gasteiger partial charge in [-0.3, -0.25) is 36.3 Å². The lowest BCUT2D eigenvalue weighted by Crippen LogP contribution is -2.32. The van der Waals surface area contributed by atoms with E-state index in [9.17, 15) is 9.59 Å². The Morgan fingerprint density at radius 1 is 0.774 bits per heavy atom. The molecule has 0 aliphatic heterocycles. The van der Waals surface area contributed by atoms with Gasteiger partial charge in [-0.15, -0.1) is 0 Å². The number of hydrogen-bond donors (Lipinski definition) is 5. The van der Waals surface area contributed by atoms with Gasteiger partial charge in [-0.1, -0.05) is 36.4 Å². The van der Waals surface area contributed by atoms with Gasteiger partial charge in [0.2, 0.25) is 0 Å². The van der Waals surface area contributed by atoms with E-state index in [0.29, 0.717) is 11.1 Å². The van der Waals surface area contributed by atoms with Crippen molar-refractivity contribution in [3.05, 3.63) is 84.4 Å². The average Bonchev–Trinajstić information content (AvgIpc) is 2.82. The van der Waals surface area contributed by atoms with Crippen molar-refractivity contribution in [3.8, 4) is 0 Å². The van der Waals surface area contributed by atoms with E-state index in [1.165, 1.54) is 18.7 Å². The van der Waals surface area contributed by atoms with Crippen LogP contribution in [0.2, 0.25) is 0 Å². The zero-order valence-corrected chi connectivity index (χ0v) is 16.2. The van der Waals surface area contributed by atoms with Crippen LogP contribution in [0.15, 0.2) is 73.3 Å². The molecule has 0 radical (unpaired) electrons. The van der Waals surface area contributed by atoms with E-state index in [4.69, 9.17) is 5.73 Å². The van der Waals surface area contributed by atoms with Crippen molar-refractivity contribution < 1.29 is 9.59 Å². The van der Waals surface area contributed by atoms with Gasteiger partial charge in [0, 0.05) is 23.5 Å². The molecule has 0 bridgehead atoms. The number of hydrogen-bond acceptors (Lipinski definition) is 8. The van der Waals surface area contributed by atoms with Gasteiger partial charge >= 0.3 is 0 Å². The number of benzene rings is 2. The Morgan fingerprint density at radius 3 is 2.16 bits per heavy atom. The van der Waals surface area contributed by atoms with Crippen LogP contribution in [-0.2, 0) is 0 Å². The molecule has 2 amide bonds. The summed E-state index contributed by atoms with van der Waals surface area (Å²) in [6, 6.07) is 16.2. The van der Waals surface area contributed by atoms with E-state index in [0.717, 1.165) is 10.8 Å². The van der Waals surface area contributed by atoms with Crippen LogP contribution >= 0.6 is 0 Å². The molecule has 2 heterocycles. The molecule has 0 atom stereocenters. The maximum absolute atomic E-state index is 12.7. The van der Waals surface area contributed by atoms with Gasteiger partial charge in [-0.25, -0.2) is 9.97 Å². The van der Waals surface area contributed by atoms with Crippen molar-refractivity contribution in [2.24, 2.45) is 0 Å². The normalized spacial score (nSPS) is 10.3. The molecular formula is C21H18N8O2. The second kappa shape index (κ2) is 8.74. The van der Waals surface area contributed by atoms with E-state index >= 15 is 0 Å². The number of amides is 2. The van der Waals surface area contributed by atoms with Gasteiger partial charge in [-0.05, 0) is 29.0 Å². The zero-order valence-electron chi connectivity index (χ0n) is 16.2. The highest BCUT2D eigenvalue weighted by Gasteiger charge is 2.13. The van der Waals surface area contributed by atoms with Gasteiger partial charge < -0.3 is 5.73 Å². The number of nitrogen functional groups attached to an aromatic ring is 1. The summed E-state index contributed by atoms with van der Waals surface area (Å²) in [7, 11) is 0. The summed E-state index contributed by atoms with van der Waals surface area (Å²) in [6.45, 7) is 0. The highest BCUT2D eigenvalue weighted by Crippen LogP contribution is 2.22. The summed E-state index contributed by atoms with van der Waals surface area (Å²) in [5.41, 5.74) is 17.5. The number of pyridine rings is 1. The van der Waals surface area contributed by atoms with Crippen molar-refractivity contribution in [2.75, 3.05) is 16.6 Å². The monoisotopic (exact) mass is 414 g/mol. The van der Waals surface area contributed by atoms with Crippen molar-refractivity contribution in [3.63, 3.8) is 0 Å². The minimum absolute atomic E-state index is 0.107. The van der Waals surface area contributed by atoms with Gasteiger partial charge in [0.05, 0.1) is 0 Å².